The Bertz CT molecular complexity index is 878. The Hall–Kier alpha value is -1.76. The second-order valence-corrected chi connectivity index (χ2v) is 8.49. The van der Waals surface area contributed by atoms with Crippen molar-refractivity contribution in [2.45, 2.75) is 16.1 Å². The molecule has 0 saturated heterocycles. The Morgan fingerprint density at radius 2 is 1.79 bits per heavy atom. The van der Waals surface area contributed by atoms with Gasteiger partial charge in [-0.2, -0.15) is 0 Å². The van der Waals surface area contributed by atoms with Crippen molar-refractivity contribution in [3.05, 3.63) is 53.1 Å². The van der Waals surface area contributed by atoms with Crippen LogP contribution in [0.3, 0.4) is 0 Å². The van der Waals surface area contributed by atoms with E-state index >= 15 is 0 Å². The van der Waals surface area contributed by atoms with Gasteiger partial charge in [-0.05, 0) is 42.0 Å². The lowest BCUT2D eigenvalue weighted by Crippen LogP contribution is -2.11. The van der Waals surface area contributed by atoms with Crippen molar-refractivity contribution in [2.75, 3.05) is 13.4 Å². The molecule has 126 valence electrons. The second kappa shape index (κ2) is 5.65. The fourth-order valence-electron chi connectivity index (χ4n) is 3.32. The van der Waals surface area contributed by atoms with E-state index in [1.165, 1.54) is 12.1 Å². The Labute approximate surface area is 144 Å². The lowest BCUT2D eigenvalue weighted by Gasteiger charge is -2.05. The molecule has 4 rings (SSSR count). The van der Waals surface area contributed by atoms with Crippen LogP contribution in [0, 0.1) is 5.92 Å². The Morgan fingerprint density at radius 3 is 2.50 bits per heavy atom. The maximum absolute atomic E-state index is 12.9. The zero-order chi connectivity index (χ0) is 16.9. The van der Waals surface area contributed by atoms with Crippen molar-refractivity contribution in [3.8, 4) is 11.5 Å². The van der Waals surface area contributed by atoms with Gasteiger partial charge < -0.3 is 14.6 Å². The van der Waals surface area contributed by atoms with Gasteiger partial charge in [0.15, 0.2) is 21.3 Å². The zero-order valence-electron chi connectivity index (χ0n) is 12.6. The molecule has 0 bridgehead atoms. The van der Waals surface area contributed by atoms with Crippen LogP contribution >= 0.6 is 11.6 Å². The first-order valence-electron chi connectivity index (χ1n) is 7.52. The highest BCUT2D eigenvalue weighted by atomic mass is 35.5. The predicted molar refractivity (Wildman–Crippen MR) is 88.3 cm³/mol. The smallest absolute Gasteiger partial charge is 0.231 e. The van der Waals surface area contributed by atoms with Crippen molar-refractivity contribution in [3.63, 3.8) is 0 Å². The first-order valence-corrected chi connectivity index (χ1v) is 9.44. The van der Waals surface area contributed by atoms with E-state index in [9.17, 15) is 13.5 Å². The third kappa shape index (κ3) is 2.46. The van der Waals surface area contributed by atoms with E-state index in [0.29, 0.717) is 16.5 Å². The summed E-state index contributed by atoms with van der Waals surface area (Å²) < 4.78 is 36.4. The summed E-state index contributed by atoms with van der Waals surface area (Å²) in [6.07, 6.45) is 0. The van der Waals surface area contributed by atoms with Gasteiger partial charge in [-0.15, -0.1) is 0 Å². The highest BCUT2D eigenvalue weighted by Gasteiger charge is 2.58. The first kappa shape index (κ1) is 15.7. The molecule has 1 N–H and O–H groups in total. The van der Waals surface area contributed by atoms with Gasteiger partial charge in [0.25, 0.3) is 0 Å². The maximum atomic E-state index is 12.9. The second-order valence-electron chi connectivity index (χ2n) is 5.95. The minimum atomic E-state index is -3.55. The quantitative estimate of drug-likeness (QED) is 0.900. The van der Waals surface area contributed by atoms with Crippen molar-refractivity contribution >= 4 is 21.4 Å². The van der Waals surface area contributed by atoms with Gasteiger partial charge >= 0.3 is 0 Å². The van der Waals surface area contributed by atoms with E-state index in [2.05, 4.69) is 0 Å². The van der Waals surface area contributed by atoms with E-state index in [1.807, 2.05) is 6.07 Å². The lowest BCUT2D eigenvalue weighted by atomic mass is 10.1. The average Bonchev–Trinajstić information content (AvgIpc) is 3.15. The summed E-state index contributed by atoms with van der Waals surface area (Å²) in [6, 6.07) is 11.5. The molecule has 0 aromatic heterocycles. The Balaban J connectivity index is 1.67. The monoisotopic (exact) mass is 366 g/mol. The molecule has 0 radical (unpaired) electrons. The van der Waals surface area contributed by atoms with Crippen LogP contribution in [0.5, 0.6) is 11.5 Å². The van der Waals surface area contributed by atoms with E-state index in [1.54, 1.807) is 24.3 Å². The molecule has 5 nitrogen and oxygen atoms in total. The van der Waals surface area contributed by atoms with Gasteiger partial charge in [-0.3, -0.25) is 0 Å². The molecule has 0 unspecified atom stereocenters. The van der Waals surface area contributed by atoms with Gasteiger partial charge in [-0.25, -0.2) is 8.42 Å². The normalized spacial score (nSPS) is 24.8. The van der Waals surface area contributed by atoms with E-state index in [4.69, 9.17) is 21.1 Å². The molecule has 1 saturated carbocycles. The number of fused-ring (bicyclic) bond motifs is 1. The number of hydrogen-bond donors (Lipinski definition) is 1. The number of aliphatic hydroxyl groups is 1. The van der Waals surface area contributed by atoms with Gasteiger partial charge in [-0.1, -0.05) is 17.7 Å². The number of aliphatic hydroxyl groups excluding tert-OH is 1. The molecule has 24 heavy (non-hydrogen) atoms. The van der Waals surface area contributed by atoms with Crippen molar-refractivity contribution in [2.24, 2.45) is 5.92 Å². The summed E-state index contributed by atoms with van der Waals surface area (Å²) in [5.74, 6) is 0.673. The molecule has 2 aromatic carbocycles. The van der Waals surface area contributed by atoms with Crippen LogP contribution in [0.2, 0.25) is 5.02 Å². The third-order valence-electron chi connectivity index (χ3n) is 4.59. The zero-order valence-corrected chi connectivity index (χ0v) is 14.1. The van der Waals surface area contributed by atoms with Crippen LogP contribution in [-0.2, 0) is 9.84 Å². The summed E-state index contributed by atoms with van der Waals surface area (Å²) in [6.45, 7) is -0.0179. The molecule has 7 heteroatoms. The standard InChI is InChI=1S/C17H15ClO5S/c18-11-2-4-12(5-3-11)24(20,21)17-13(8-19)16(17)10-1-6-14-15(7-10)23-9-22-14/h1-7,13,16-17,19H,8-9H2/t13-,16+,17-/m1/s1. The fraction of sp³-hybridized carbons (Fsp3) is 0.294. The van der Waals surface area contributed by atoms with Gasteiger partial charge in [0, 0.05) is 23.5 Å². The molecule has 3 atom stereocenters. The highest BCUT2D eigenvalue weighted by molar-refractivity contribution is 7.92. The topological polar surface area (TPSA) is 72.8 Å². The average molecular weight is 367 g/mol. The number of hydrogen-bond acceptors (Lipinski definition) is 5. The summed E-state index contributed by atoms with van der Waals surface area (Å²) in [5, 5.41) is 9.45. The summed E-state index contributed by atoms with van der Waals surface area (Å²) in [7, 11) is -3.55. The number of sulfone groups is 1. The Morgan fingerprint density at radius 1 is 1.08 bits per heavy atom. The molecule has 2 aromatic rings. The number of rotatable bonds is 4. The molecule has 1 aliphatic carbocycles. The lowest BCUT2D eigenvalue weighted by molar-refractivity contribution is 0.174. The van der Waals surface area contributed by atoms with Gasteiger partial charge in [0.1, 0.15) is 0 Å². The molecular formula is C17H15ClO5S. The summed E-state index contributed by atoms with van der Waals surface area (Å²) in [5.41, 5.74) is 0.834. The van der Waals surface area contributed by atoms with Gasteiger partial charge in [0.05, 0.1) is 10.1 Å². The van der Waals surface area contributed by atoms with Crippen LogP contribution in [0.1, 0.15) is 11.5 Å². The highest BCUT2D eigenvalue weighted by Crippen LogP contribution is 2.54. The summed E-state index contributed by atoms with van der Waals surface area (Å²) >= 11 is 5.83. The maximum Gasteiger partial charge on any atom is 0.231 e. The summed E-state index contributed by atoms with van der Waals surface area (Å²) in [4.78, 5) is 0.221. The van der Waals surface area contributed by atoms with Crippen LogP contribution in [-0.4, -0.2) is 32.2 Å². The first-order chi connectivity index (χ1) is 11.5. The van der Waals surface area contributed by atoms with Crippen LogP contribution in [0.25, 0.3) is 0 Å². The van der Waals surface area contributed by atoms with Crippen molar-refractivity contribution < 1.29 is 23.0 Å². The number of ether oxygens (including phenoxy) is 2. The molecule has 0 amide bonds. The molecule has 2 aliphatic rings. The fourth-order valence-corrected chi connectivity index (χ4v) is 5.65. The molecule has 1 fully saturated rings. The van der Waals surface area contributed by atoms with Crippen LogP contribution in [0.4, 0.5) is 0 Å². The minimum absolute atomic E-state index is 0.166. The molecule has 1 aliphatic heterocycles. The van der Waals surface area contributed by atoms with Crippen LogP contribution in [0.15, 0.2) is 47.4 Å². The van der Waals surface area contributed by atoms with E-state index < -0.39 is 15.1 Å². The predicted octanol–water partition coefficient (Wildman–Crippen LogP) is 2.62. The van der Waals surface area contributed by atoms with Gasteiger partial charge in [0.2, 0.25) is 6.79 Å². The SMILES string of the molecule is O=S(=O)(c1ccc(Cl)cc1)[C@@H]1[C@H](CO)[C@@H]1c1ccc2c(c1)OCO2. The molecular weight excluding hydrogens is 352 g/mol. The van der Waals surface area contributed by atoms with Crippen LogP contribution < -0.4 is 9.47 Å². The van der Waals surface area contributed by atoms with E-state index in [-0.39, 0.29) is 30.1 Å². The number of halogens is 1. The van der Waals surface area contributed by atoms with E-state index in [0.717, 1.165) is 5.56 Å². The Kier molecular flexibility index (Phi) is 3.71. The minimum Gasteiger partial charge on any atom is -0.454 e. The third-order valence-corrected chi connectivity index (χ3v) is 7.13. The van der Waals surface area contributed by atoms with Crippen molar-refractivity contribution in [1.82, 2.24) is 0 Å². The molecule has 0 spiro atoms. The largest absolute Gasteiger partial charge is 0.454 e. The number of benzene rings is 2. The van der Waals surface area contributed by atoms with Crippen molar-refractivity contribution in [1.29, 1.82) is 0 Å². The molecule has 1 heterocycles.